The van der Waals surface area contributed by atoms with Crippen molar-refractivity contribution in [2.75, 3.05) is 38.3 Å². The number of sulfone groups is 1. The molecule has 3 aliphatic rings. The van der Waals surface area contributed by atoms with Gasteiger partial charge in [-0.15, -0.1) is 16.4 Å². The Labute approximate surface area is 373 Å². The van der Waals surface area contributed by atoms with E-state index in [1.54, 1.807) is 0 Å². The number of imidazole rings is 1. The van der Waals surface area contributed by atoms with E-state index in [4.69, 9.17) is 20.4 Å². The summed E-state index contributed by atoms with van der Waals surface area (Å²) in [6.45, 7) is 7.39. The molecule has 7 heterocycles. The molecule has 3 N–H and O–H groups in total. The molecule has 1 aliphatic carbocycles. The van der Waals surface area contributed by atoms with Crippen LogP contribution in [0.5, 0.6) is 0 Å². The van der Waals surface area contributed by atoms with Crippen molar-refractivity contribution < 1.29 is 22.7 Å². The second-order valence-corrected chi connectivity index (χ2v) is 20.6. The molecule has 2 amide bonds. The van der Waals surface area contributed by atoms with Crippen LogP contribution in [0.2, 0.25) is 0 Å². The number of likely N-dealkylation sites (tertiary alicyclic amines) is 1. The number of rotatable bonds is 15. The highest BCUT2D eigenvalue weighted by Gasteiger charge is 2.33. The van der Waals surface area contributed by atoms with Crippen LogP contribution in [-0.2, 0) is 50.2 Å². The molecule has 8 rings (SSSR count). The van der Waals surface area contributed by atoms with Gasteiger partial charge in [0.1, 0.15) is 17.0 Å². The summed E-state index contributed by atoms with van der Waals surface area (Å²) >= 11 is 1.85. The SMILES string of the molecule is CCCCc1nc2c(N)nc3cc(C4CCN(C(=O)C5CCC(Cn6cc(CNC(=O)CCCC#Cc7cnc(S(C)(=O)=O)nc7)nn6)CC5)CC4)sc3c2n1CC1CCOCC1. The van der Waals surface area contributed by atoms with Crippen LogP contribution >= 0.6 is 11.3 Å². The normalized spacial score (nSPS) is 19.0. The van der Waals surface area contributed by atoms with Gasteiger partial charge in [-0.3, -0.25) is 14.3 Å². The van der Waals surface area contributed by atoms with E-state index in [1.165, 1.54) is 22.0 Å². The number of nitrogens with one attached hydrogen (secondary N) is 1. The van der Waals surface area contributed by atoms with E-state index in [0.717, 1.165) is 139 Å². The number of piperidine rings is 1. The zero-order valence-electron chi connectivity index (χ0n) is 36.4. The van der Waals surface area contributed by atoms with Crippen LogP contribution in [0.25, 0.3) is 21.3 Å². The Kier molecular flexibility index (Phi) is 14.3. The summed E-state index contributed by atoms with van der Waals surface area (Å²) < 4.78 is 34.2. The van der Waals surface area contributed by atoms with Crippen molar-refractivity contribution in [2.45, 2.75) is 128 Å². The molecule has 1 saturated carbocycles. The molecule has 63 heavy (non-hydrogen) atoms. The first-order valence-corrected chi connectivity index (χ1v) is 25.3. The molecule has 0 atom stereocenters. The third-order valence-corrected chi connectivity index (χ3v) is 15.0. The average Bonchev–Trinajstić information content (AvgIpc) is 4.02. The van der Waals surface area contributed by atoms with E-state index in [9.17, 15) is 18.0 Å². The molecule has 2 saturated heterocycles. The molecule has 336 valence electrons. The van der Waals surface area contributed by atoms with Crippen molar-refractivity contribution in [3.8, 4) is 11.8 Å². The fraction of sp³-hybridized carbons (Fsp3) is 0.600. The topological polar surface area (TPSA) is 206 Å². The lowest BCUT2D eigenvalue weighted by molar-refractivity contribution is -0.138. The molecular formula is C45H59N11O5S2. The van der Waals surface area contributed by atoms with Crippen molar-refractivity contribution in [3.05, 3.63) is 46.6 Å². The van der Waals surface area contributed by atoms with Gasteiger partial charge < -0.3 is 25.3 Å². The fourth-order valence-corrected chi connectivity index (χ4v) is 11.0. The summed E-state index contributed by atoms with van der Waals surface area (Å²) in [5, 5.41) is 11.3. The smallest absolute Gasteiger partial charge is 0.246 e. The van der Waals surface area contributed by atoms with Gasteiger partial charge in [0, 0.05) is 88.1 Å². The summed E-state index contributed by atoms with van der Waals surface area (Å²) in [6, 6.07) is 2.25. The van der Waals surface area contributed by atoms with Crippen molar-refractivity contribution in [1.82, 2.24) is 49.7 Å². The third kappa shape index (κ3) is 11.0. The molecule has 16 nitrogen and oxygen atoms in total. The lowest BCUT2D eigenvalue weighted by Crippen LogP contribution is -2.42. The first-order chi connectivity index (χ1) is 30.5. The summed E-state index contributed by atoms with van der Waals surface area (Å²) in [7, 11) is -3.46. The number of amides is 2. The number of aromatic nitrogens is 8. The zero-order chi connectivity index (χ0) is 43.9. The van der Waals surface area contributed by atoms with Crippen molar-refractivity contribution >= 4 is 60.1 Å². The Morgan fingerprint density at radius 2 is 1.73 bits per heavy atom. The van der Waals surface area contributed by atoms with Gasteiger partial charge in [-0.25, -0.2) is 28.4 Å². The summed E-state index contributed by atoms with van der Waals surface area (Å²) in [6.07, 6.45) is 18.0. The number of carbonyl (C=O) groups excluding carboxylic acids is 2. The number of nitrogens with zero attached hydrogens (tertiary/aromatic N) is 9. The number of carbonyl (C=O) groups is 2. The molecule has 0 bridgehead atoms. The number of nitrogen functional groups attached to an aromatic ring is 1. The minimum Gasteiger partial charge on any atom is -0.382 e. The Morgan fingerprint density at radius 3 is 2.46 bits per heavy atom. The summed E-state index contributed by atoms with van der Waals surface area (Å²) in [4.78, 5) is 47.3. The van der Waals surface area contributed by atoms with E-state index in [1.807, 2.05) is 22.2 Å². The minimum atomic E-state index is -3.46. The Hall–Kier alpha value is -4.99. The number of fused-ring (bicyclic) bond motifs is 3. The predicted octanol–water partition coefficient (Wildman–Crippen LogP) is 5.83. The molecule has 5 aromatic heterocycles. The van der Waals surface area contributed by atoms with Gasteiger partial charge in [0.2, 0.25) is 26.8 Å². The maximum atomic E-state index is 13.8. The average molecular weight is 898 g/mol. The zero-order valence-corrected chi connectivity index (χ0v) is 38.1. The molecule has 0 radical (unpaired) electrons. The van der Waals surface area contributed by atoms with Crippen LogP contribution in [-0.4, -0.2) is 97.2 Å². The second kappa shape index (κ2) is 20.2. The van der Waals surface area contributed by atoms with E-state index in [0.29, 0.717) is 66.5 Å². The highest BCUT2D eigenvalue weighted by molar-refractivity contribution is 7.90. The molecule has 2 aliphatic heterocycles. The quantitative estimate of drug-likeness (QED) is 0.0723. The molecule has 18 heteroatoms. The monoisotopic (exact) mass is 897 g/mol. The maximum Gasteiger partial charge on any atom is 0.246 e. The van der Waals surface area contributed by atoms with Gasteiger partial charge in [-0.05, 0) is 88.0 Å². The summed E-state index contributed by atoms with van der Waals surface area (Å²) in [5.41, 5.74) is 10.8. The van der Waals surface area contributed by atoms with Crippen LogP contribution in [0, 0.1) is 29.6 Å². The number of unbranched alkanes of at least 4 members (excludes halogenated alkanes) is 2. The first-order valence-electron chi connectivity index (χ1n) is 22.6. The third-order valence-electron chi connectivity index (χ3n) is 12.8. The molecular weight excluding hydrogens is 839 g/mol. The molecule has 0 unspecified atom stereocenters. The number of hydrogen-bond donors (Lipinski definition) is 2. The van der Waals surface area contributed by atoms with Gasteiger partial charge >= 0.3 is 0 Å². The first kappa shape index (κ1) is 44.6. The van der Waals surface area contributed by atoms with Crippen molar-refractivity contribution in [1.29, 1.82) is 0 Å². The molecule has 0 aromatic carbocycles. The highest BCUT2D eigenvalue weighted by Crippen LogP contribution is 2.41. The van der Waals surface area contributed by atoms with Crippen LogP contribution < -0.4 is 11.1 Å². The van der Waals surface area contributed by atoms with Crippen molar-refractivity contribution in [3.63, 3.8) is 0 Å². The predicted molar refractivity (Wildman–Crippen MR) is 241 cm³/mol. The van der Waals surface area contributed by atoms with Crippen molar-refractivity contribution in [2.24, 2.45) is 17.8 Å². The number of hydrogen-bond acceptors (Lipinski definition) is 13. The van der Waals surface area contributed by atoms with Crippen LogP contribution in [0.1, 0.15) is 118 Å². The van der Waals surface area contributed by atoms with Crippen LogP contribution in [0.15, 0.2) is 29.8 Å². The van der Waals surface area contributed by atoms with Gasteiger partial charge in [0.25, 0.3) is 0 Å². The lowest BCUT2D eigenvalue weighted by atomic mass is 9.81. The van der Waals surface area contributed by atoms with Crippen LogP contribution in [0.3, 0.4) is 0 Å². The lowest BCUT2D eigenvalue weighted by Gasteiger charge is -2.36. The van der Waals surface area contributed by atoms with Gasteiger partial charge in [-0.2, -0.15) is 0 Å². The van der Waals surface area contributed by atoms with E-state index < -0.39 is 9.84 Å². The number of ether oxygens (including phenoxy) is 1. The van der Waals surface area contributed by atoms with Gasteiger partial charge in [-0.1, -0.05) is 30.4 Å². The fourth-order valence-electron chi connectivity index (χ4n) is 9.21. The maximum absolute atomic E-state index is 13.8. The van der Waals surface area contributed by atoms with E-state index in [2.05, 4.69) is 59.9 Å². The second-order valence-electron chi connectivity index (χ2n) is 17.6. The largest absolute Gasteiger partial charge is 0.382 e. The number of aryl methyl sites for hydroxylation is 1. The Morgan fingerprint density at radius 1 is 0.984 bits per heavy atom. The van der Waals surface area contributed by atoms with E-state index >= 15 is 0 Å². The molecule has 5 aromatic rings. The number of thiophene rings is 1. The number of anilines is 1. The highest BCUT2D eigenvalue weighted by atomic mass is 32.2. The van der Waals surface area contributed by atoms with Gasteiger partial charge in [0.05, 0.1) is 34.0 Å². The molecule has 0 spiro atoms. The Bertz CT molecular complexity index is 2550. The van der Waals surface area contributed by atoms with Gasteiger partial charge in [0.15, 0.2) is 5.82 Å². The Balaban J connectivity index is 0.773. The minimum absolute atomic E-state index is 0.0653. The van der Waals surface area contributed by atoms with E-state index in [-0.39, 0.29) is 17.0 Å². The summed E-state index contributed by atoms with van der Waals surface area (Å²) in [5.74, 6) is 9.14. The number of nitrogens with two attached hydrogens (primary N) is 1. The standard InChI is InChI=1S/C45H59N11O5S2/c1-3-4-9-38-51-40-41(56(38)28-31-17-21-61-22-18-31)42-36(50-43(40)46)23-37(62-42)33-15-19-54(20-16-33)44(58)34-13-11-30(12-14-34)27-55-29-35(52-53-55)26-47-39(57)10-7-5-6-8-32-24-48-45(49-25-32)63(2,59)60/h23-25,29-31,33-34H,3-5,7,9-22,26-28H2,1-2H3,(H2,46,50)(H,47,57). The molecule has 3 fully saturated rings. The number of pyridine rings is 1. The van der Waals surface area contributed by atoms with Crippen LogP contribution in [0.4, 0.5) is 5.82 Å².